The molecular weight excluding hydrogens is 250 g/mol. The molecule has 0 aliphatic carbocycles. The summed E-state index contributed by atoms with van der Waals surface area (Å²) in [6.45, 7) is 1.52. The van der Waals surface area contributed by atoms with Crippen LogP contribution in [0.3, 0.4) is 0 Å². The fraction of sp³-hybridized carbons (Fsp3) is 0.417. The SMILES string of the molecule is O=C1CCCN1CCc1nc(-c2ccsc2)no1. The molecule has 0 saturated carbocycles. The molecule has 0 atom stereocenters. The largest absolute Gasteiger partial charge is 0.342 e. The van der Waals surface area contributed by atoms with E-state index in [1.165, 1.54) is 0 Å². The number of hydrogen-bond donors (Lipinski definition) is 0. The number of rotatable bonds is 4. The van der Waals surface area contributed by atoms with Gasteiger partial charge in [0.05, 0.1) is 0 Å². The first-order valence-electron chi connectivity index (χ1n) is 5.96. The molecular formula is C12H13N3O2S. The predicted octanol–water partition coefficient (Wildman–Crippen LogP) is 1.96. The molecule has 1 aliphatic rings. The van der Waals surface area contributed by atoms with E-state index in [4.69, 9.17) is 4.52 Å². The van der Waals surface area contributed by atoms with Gasteiger partial charge in [-0.25, -0.2) is 0 Å². The van der Waals surface area contributed by atoms with Crippen LogP contribution in [0, 0.1) is 0 Å². The first-order valence-corrected chi connectivity index (χ1v) is 6.90. The normalized spacial score (nSPS) is 15.6. The van der Waals surface area contributed by atoms with Gasteiger partial charge in [-0.2, -0.15) is 16.3 Å². The van der Waals surface area contributed by atoms with Crippen LogP contribution in [-0.2, 0) is 11.2 Å². The zero-order chi connectivity index (χ0) is 12.4. The van der Waals surface area contributed by atoms with Gasteiger partial charge in [0.25, 0.3) is 0 Å². The van der Waals surface area contributed by atoms with Crippen molar-refractivity contribution in [3.8, 4) is 11.4 Å². The van der Waals surface area contributed by atoms with Gasteiger partial charge in [0.15, 0.2) is 0 Å². The van der Waals surface area contributed by atoms with Crippen molar-refractivity contribution in [3.05, 3.63) is 22.7 Å². The van der Waals surface area contributed by atoms with Gasteiger partial charge in [0, 0.05) is 36.9 Å². The van der Waals surface area contributed by atoms with Crippen molar-refractivity contribution < 1.29 is 9.32 Å². The van der Waals surface area contributed by atoms with E-state index >= 15 is 0 Å². The number of carbonyl (C=O) groups excluding carboxylic acids is 1. The molecule has 0 N–H and O–H groups in total. The van der Waals surface area contributed by atoms with Gasteiger partial charge in [-0.1, -0.05) is 5.16 Å². The van der Waals surface area contributed by atoms with E-state index in [1.54, 1.807) is 11.3 Å². The molecule has 6 heteroatoms. The first-order chi connectivity index (χ1) is 8.83. The molecule has 2 aromatic heterocycles. The number of amides is 1. The molecule has 3 rings (SSSR count). The second kappa shape index (κ2) is 4.89. The Bertz CT molecular complexity index is 535. The molecule has 0 unspecified atom stereocenters. The fourth-order valence-corrected chi connectivity index (χ4v) is 2.67. The molecule has 5 nitrogen and oxygen atoms in total. The molecule has 0 radical (unpaired) electrons. The van der Waals surface area contributed by atoms with E-state index in [0.717, 1.165) is 18.5 Å². The van der Waals surface area contributed by atoms with Crippen molar-refractivity contribution in [2.45, 2.75) is 19.3 Å². The number of nitrogens with zero attached hydrogens (tertiary/aromatic N) is 3. The fourth-order valence-electron chi connectivity index (χ4n) is 2.04. The molecule has 0 spiro atoms. The molecule has 18 heavy (non-hydrogen) atoms. The Labute approximate surface area is 108 Å². The third-order valence-corrected chi connectivity index (χ3v) is 3.70. The zero-order valence-electron chi connectivity index (χ0n) is 9.83. The van der Waals surface area contributed by atoms with E-state index in [-0.39, 0.29) is 5.91 Å². The Balaban J connectivity index is 1.62. The van der Waals surface area contributed by atoms with Crippen LogP contribution in [0.5, 0.6) is 0 Å². The van der Waals surface area contributed by atoms with E-state index < -0.39 is 0 Å². The quantitative estimate of drug-likeness (QED) is 0.846. The minimum atomic E-state index is 0.229. The number of thiophene rings is 1. The second-order valence-electron chi connectivity index (χ2n) is 4.26. The molecule has 1 fully saturated rings. The second-order valence-corrected chi connectivity index (χ2v) is 5.04. The first kappa shape index (κ1) is 11.4. The molecule has 0 aromatic carbocycles. The Kier molecular flexibility index (Phi) is 3.10. The summed E-state index contributed by atoms with van der Waals surface area (Å²) < 4.78 is 5.19. The predicted molar refractivity (Wildman–Crippen MR) is 67.1 cm³/mol. The van der Waals surface area contributed by atoms with Gasteiger partial charge >= 0.3 is 0 Å². The van der Waals surface area contributed by atoms with Crippen molar-refractivity contribution in [1.29, 1.82) is 0 Å². The molecule has 94 valence electrons. The van der Waals surface area contributed by atoms with Crippen LogP contribution in [0.4, 0.5) is 0 Å². The van der Waals surface area contributed by atoms with Crippen molar-refractivity contribution in [2.24, 2.45) is 0 Å². The van der Waals surface area contributed by atoms with E-state index in [1.807, 2.05) is 21.7 Å². The lowest BCUT2D eigenvalue weighted by molar-refractivity contribution is -0.127. The van der Waals surface area contributed by atoms with Gasteiger partial charge in [-0.15, -0.1) is 0 Å². The maximum Gasteiger partial charge on any atom is 0.228 e. The van der Waals surface area contributed by atoms with Crippen molar-refractivity contribution in [1.82, 2.24) is 15.0 Å². The van der Waals surface area contributed by atoms with Gasteiger partial charge < -0.3 is 9.42 Å². The minimum absolute atomic E-state index is 0.229. The van der Waals surface area contributed by atoms with Gasteiger partial charge in [0.1, 0.15) is 0 Å². The Morgan fingerprint density at radius 1 is 1.50 bits per heavy atom. The molecule has 1 amide bonds. The summed E-state index contributed by atoms with van der Waals surface area (Å²) >= 11 is 1.60. The molecule has 1 aliphatic heterocycles. The highest BCUT2D eigenvalue weighted by Crippen LogP contribution is 2.19. The third kappa shape index (κ3) is 2.28. The molecule has 1 saturated heterocycles. The lowest BCUT2D eigenvalue weighted by Crippen LogP contribution is -2.26. The summed E-state index contributed by atoms with van der Waals surface area (Å²) in [4.78, 5) is 17.6. The molecule has 3 heterocycles. The van der Waals surface area contributed by atoms with Crippen LogP contribution >= 0.6 is 11.3 Å². The highest BCUT2D eigenvalue weighted by Gasteiger charge is 2.20. The van der Waals surface area contributed by atoms with Crippen LogP contribution in [-0.4, -0.2) is 34.0 Å². The maximum absolute atomic E-state index is 11.4. The number of aromatic nitrogens is 2. The number of likely N-dealkylation sites (tertiary alicyclic amines) is 1. The highest BCUT2D eigenvalue weighted by atomic mass is 32.1. The summed E-state index contributed by atoms with van der Waals surface area (Å²) in [5.74, 6) is 1.45. The summed E-state index contributed by atoms with van der Waals surface area (Å²) in [6, 6.07) is 1.96. The lowest BCUT2D eigenvalue weighted by atomic mass is 10.3. The lowest BCUT2D eigenvalue weighted by Gasteiger charge is -2.13. The van der Waals surface area contributed by atoms with Crippen LogP contribution in [0.2, 0.25) is 0 Å². The van der Waals surface area contributed by atoms with Gasteiger partial charge in [-0.3, -0.25) is 4.79 Å². The topological polar surface area (TPSA) is 59.2 Å². The third-order valence-electron chi connectivity index (χ3n) is 3.01. The molecule has 2 aromatic rings. The summed E-state index contributed by atoms with van der Waals surface area (Å²) in [6.07, 6.45) is 2.26. The van der Waals surface area contributed by atoms with Gasteiger partial charge in [0.2, 0.25) is 17.6 Å². The van der Waals surface area contributed by atoms with E-state index in [9.17, 15) is 4.79 Å². The average molecular weight is 263 g/mol. The van der Waals surface area contributed by atoms with Crippen molar-refractivity contribution in [2.75, 3.05) is 13.1 Å². The minimum Gasteiger partial charge on any atom is -0.342 e. The zero-order valence-corrected chi connectivity index (χ0v) is 10.7. The van der Waals surface area contributed by atoms with E-state index in [2.05, 4.69) is 10.1 Å². The van der Waals surface area contributed by atoms with Gasteiger partial charge in [-0.05, 0) is 17.9 Å². The summed E-state index contributed by atoms with van der Waals surface area (Å²) in [7, 11) is 0. The summed E-state index contributed by atoms with van der Waals surface area (Å²) in [5, 5.41) is 7.91. The maximum atomic E-state index is 11.4. The summed E-state index contributed by atoms with van der Waals surface area (Å²) in [5.41, 5.74) is 0.979. The van der Waals surface area contributed by atoms with Crippen LogP contribution < -0.4 is 0 Å². The Morgan fingerprint density at radius 3 is 3.17 bits per heavy atom. The number of hydrogen-bond acceptors (Lipinski definition) is 5. The average Bonchev–Trinajstić information content (AvgIpc) is 3.08. The smallest absolute Gasteiger partial charge is 0.228 e. The van der Waals surface area contributed by atoms with Crippen LogP contribution in [0.25, 0.3) is 11.4 Å². The Morgan fingerprint density at radius 2 is 2.44 bits per heavy atom. The monoisotopic (exact) mass is 263 g/mol. The molecule has 0 bridgehead atoms. The van der Waals surface area contributed by atoms with Crippen LogP contribution in [0.1, 0.15) is 18.7 Å². The highest BCUT2D eigenvalue weighted by molar-refractivity contribution is 7.08. The van der Waals surface area contributed by atoms with Crippen molar-refractivity contribution in [3.63, 3.8) is 0 Å². The standard InChI is InChI=1S/C12H13N3O2S/c16-11-2-1-5-15(11)6-3-10-13-12(14-17-10)9-4-7-18-8-9/h4,7-8H,1-3,5-6H2. The van der Waals surface area contributed by atoms with Crippen LogP contribution in [0.15, 0.2) is 21.3 Å². The number of carbonyl (C=O) groups is 1. The van der Waals surface area contributed by atoms with Crippen molar-refractivity contribution >= 4 is 17.2 Å². The Hall–Kier alpha value is -1.69. The van der Waals surface area contributed by atoms with E-state index in [0.29, 0.717) is 31.1 Å².